The smallest absolute Gasteiger partial charge is 0.407 e. The zero-order valence-electron chi connectivity index (χ0n) is 31.8. The number of rotatable bonds is 12. The summed E-state index contributed by atoms with van der Waals surface area (Å²) < 4.78 is 47.3. The van der Waals surface area contributed by atoms with E-state index < -0.39 is 15.1 Å². The molecule has 0 spiro atoms. The molecule has 4 saturated heterocycles. The minimum Gasteiger partial charge on any atom is -0.453 e. The number of hydrogen-bond donors (Lipinski definition) is 1. The van der Waals surface area contributed by atoms with Gasteiger partial charge in [-0.15, -0.1) is 0 Å². The van der Waals surface area contributed by atoms with Gasteiger partial charge in [0.15, 0.2) is 9.84 Å². The molecule has 54 heavy (non-hydrogen) atoms. The van der Waals surface area contributed by atoms with Crippen LogP contribution in [0.25, 0.3) is 0 Å². The Kier molecular flexibility index (Phi) is 12.0. The number of ether oxygens (including phenoxy) is 1. The normalized spacial score (nSPS) is 25.9. The van der Waals surface area contributed by atoms with Crippen LogP contribution in [0.5, 0.6) is 0 Å². The maximum Gasteiger partial charge on any atom is 0.407 e. The molecule has 5 aliphatic rings. The third kappa shape index (κ3) is 8.07. The van der Waals surface area contributed by atoms with Crippen LogP contribution in [0, 0.1) is 23.6 Å². The van der Waals surface area contributed by atoms with Crippen LogP contribution in [0.4, 0.5) is 14.9 Å². The summed E-state index contributed by atoms with van der Waals surface area (Å²) >= 11 is 0. The predicted molar refractivity (Wildman–Crippen MR) is 209 cm³/mol. The summed E-state index contributed by atoms with van der Waals surface area (Å²) in [5, 5.41) is 2.57. The second-order valence-electron chi connectivity index (χ2n) is 16.5. The minimum atomic E-state index is -3.58. The molecule has 2 amide bonds. The number of carbonyl (C=O) groups is 2. The second kappa shape index (κ2) is 16.7. The first kappa shape index (κ1) is 38.8. The number of benzene rings is 2. The number of halogens is 1. The molecule has 4 heterocycles. The van der Waals surface area contributed by atoms with Crippen LogP contribution in [0.3, 0.4) is 0 Å². The van der Waals surface area contributed by atoms with E-state index in [0.29, 0.717) is 29.7 Å². The highest BCUT2D eigenvalue weighted by Crippen LogP contribution is 2.51. The summed E-state index contributed by atoms with van der Waals surface area (Å²) in [6.07, 6.45) is 9.17. The van der Waals surface area contributed by atoms with Crippen molar-refractivity contribution in [1.82, 2.24) is 20.0 Å². The van der Waals surface area contributed by atoms with Gasteiger partial charge in [0, 0.05) is 62.3 Å². The van der Waals surface area contributed by atoms with Crippen molar-refractivity contribution in [3.8, 4) is 0 Å². The first-order valence-corrected chi connectivity index (χ1v) is 21.7. The topological polar surface area (TPSA) is 103 Å². The molecule has 12 heteroatoms. The molecular formula is C42H58FN5O5S. The van der Waals surface area contributed by atoms with Gasteiger partial charge in [-0.1, -0.05) is 31.6 Å². The van der Waals surface area contributed by atoms with E-state index in [-0.39, 0.29) is 41.7 Å². The maximum absolute atomic E-state index is 15.0. The van der Waals surface area contributed by atoms with Crippen molar-refractivity contribution in [3.63, 3.8) is 0 Å². The number of piperidine rings is 1. The molecule has 1 unspecified atom stereocenters. The van der Waals surface area contributed by atoms with E-state index in [9.17, 15) is 18.0 Å². The van der Waals surface area contributed by atoms with Gasteiger partial charge in [0.05, 0.1) is 17.3 Å². The average Bonchev–Trinajstić information content (AvgIpc) is 3.45. The van der Waals surface area contributed by atoms with Crippen LogP contribution in [0.2, 0.25) is 0 Å². The Hall–Kier alpha value is -3.48. The van der Waals surface area contributed by atoms with Crippen molar-refractivity contribution in [3.05, 3.63) is 72.6 Å². The molecule has 4 atom stereocenters. The molecule has 294 valence electrons. The molecule has 0 aromatic heterocycles. The average molecular weight is 764 g/mol. The molecule has 1 N–H and O–H groups in total. The quantitative estimate of drug-likeness (QED) is 0.284. The van der Waals surface area contributed by atoms with Crippen molar-refractivity contribution in [2.45, 2.75) is 79.4 Å². The minimum absolute atomic E-state index is 0.00894. The summed E-state index contributed by atoms with van der Waals surface area (Å²) in [6, 6.07) is 14.6. The van der Waals surface area contributed by atoms with Gasteiger partial charge in [-0.2, -0.15) is 0 Å². The number of amides is 2. The van der Waals surface area contributed by atoms with Gasteiger partial charge in [-0.3, -0.25) is 4.79 Å². The SMILES string of the molecule is C=CC(=O)N1CCCC[C@@H](S(=O)(=O)c2ccc(N3CC(CN4CCC(C(CN5CCC5)(c5cccc(F)c5)[C@H]5CCC[C@@H]5NC(=O)OC)CC4)C3)cc2)C1. The summed E-state index contributed by atoms with van der Waals surface area (Å²) in [7, 11) is -2.16. The van der Waals surface area contributed by atoms with Crippen molar-refractivity contribution < 1.29 is 27.1 Å². The van der Waals surface area contributed by atoms with E-state index in [4.69, 9.17) is 4.74 Å². The van der Waals surface area contributed by atoms with Gasteiger partial charge < -0.3 is 29.7 Å². The van der Waals surface area contributed by atoms with Gasteiger partial charge in [-0.25, -0.2) is 17.6 Å². The summed E-state index contributed by atoms with van der Waals surface area (Å²) in [5.74, 6) is 0.669. The van der Waals surface area contributed by atoms with Crippen molar-refractivity contribution in [1.29, 1.82) is 0 Å². The van der Waals surface area contributed by atoms with Crippen molar-refractivity contribution >= 4 is 27.5 Å². The molecule has 0 bridgehead atoms. The van der Waals surface area contributed by atoms with Crippen LogP contribution in [0.15, 0.2) is 66.1 Å². The fourth-order valence-corrected chi connectivity index (χ4v) is 12.1. The Morgan fingerprint density at radius 2 is 1.67 bits per heavy atom. The van der Waals surface area contributed by atoms with E-state index in [0.717, 1.165) is 109 Å². The molecule has 7 rings (SSSR count). The lowest BCUT2D eigenvalue weighted by molar-refractivity contribution is -0.125. The van der Waals surface area contributed by atoms with Gasteiger partial charge in [-0.05, 0) is 131 Å². The van der Waals surface area contributed by atoms with Crippen LogP contribution in [-0.2, 0) is 24.8 Å². The van der Waals surface area contributed by atoms with Gasteiger partial charge >= 0.3 is 6.09 Å². The standard InChI is InChI=1S/C42H58FN5O5S/c1-3-40(49)47-22-5-4-11-37(29-47)54(51,52)36-16-14-35(15-17-36)48-27-31(28-48)26-45-23-18-32(19-24-45)42(30-46-20-8-21-46,33-9-6-10-34(43)25-33)38-12-7-13-39(38)44-41(50)53-2/h3,6,9-10,14-17,25,31-32,37-39H,1,4-5,7-8,11-13,18-24,26-30H2,2H3,(H,44,50)/t37-,38+,39+,42?/m1/s1. The molecule has 2 aromatic rings. The molecule has 4 aliphatic heterocycles. The largest absolute Gasteiger partial charge is 0.453 e. The number of sulfone groups is 1. The Morgan fingerprint density at radius 3 is 2.33 bits per heavy atom. The van der Waals surface area contributed by atoms with Crippen molar-refractivity contribution in [2.75, 3.05) is 77.5 Å². The lowest BCUT2D eigenvalue weighted by atomic mass is 9.57. The third-order valence-corrected chi connectivity index (χ3v) is 15.5. The van der Waals surface area contributed by atoms with Gasteiger partial charge in [0.1, 0.15) is 5.82 Å². The van der Waals surface area contributed by atoms with Gasteiger partial charge in [0.25, 0.3) is 0 Å². The molecule has 2 aromatic carbocycles. The number of methoxy groups -OCH3 is 1. The van der Waals surface area contributed by atoms with Crippen LogP contribution < -0.4 is 10.2 Å². The van der Waals surface area contributed by atoms with E-state index >= 15 is 4.39 Å². The highest BCUT2D eigenvalue weighted by Gasteiger charge is 2.53. The number of hydrogen-bond acceptors (Lipinski definition) is 8. The summed E-state index contributed by atoms with van der Waals surface area (Å²) in [4.78, 5) is 34.2. The zero-order chi connectivity index (χ0) is 37.9. The molecule has 5 fully saturated rings. The highest BCUT2D eigenvalue weighted by molar-refractivity contribution is 7.92. The Labute approximate surface area is 321 Å². The summed E-state index contributed by atoms with van der Waals surface area (Å²) in [6.45, 7) is 12.2. The Bertz CT molecular complexity index is 1740. The fourth-order valence-electron chi connectivity index (χ4n) is 10.4. The second-order valence-corrected chi connectivity index (χ2v) is 18.7. The van der Waals surface area contributed by atoms with Gasteiger partial charge in [0.2, 0.25) is 5.91 Å². The number of likely N-dealkylation sites (tertiary alicyclic amines) is 3. The van der Waals surface area contributed by atoms with Crippen LogP contribution in [-0.4, -0.2) is 119 Å². The molecule has 10 nitrogen and oxygen atoms in total. The Morgan fingerprint density at radius 1 is 0.907 bits per heavy atom. The highest BCUT2D eigenvalue weighted by atomic mass is 32.2. The Balaban J connectivity index is 0.982. The van der Waals surface area contributed by atoms with Crippen LogP contribution in [0.1, 0.15) is 63.4 Å². The van der Waals surface area contributed by atoms with E-state index in [1.807, 2.05) is 18.2 Å². The number of nitrogens with zero attached hydrogens (tertiary/aromatic N) is 4. The molecule has 1 aliphatic carbocycles. The van der Waals surface area contributed by atoms with E-state index in [1.165, 1.54) is 25.7 Å². The fraction of sp³-hybridized carbons (Fsp3) is 0.619. The molecule has 1 saturated carbocycles. The van der Waals surface area contributed by atoms with Crippen LogP contribution >= 0.6 is 0 Å². The van der Waals surface area contributed by atoms with Crippen molar-refractivity contribution in [2.24, 2.45) is 17.8 Å². The maximum atomic E-state index is 15.0. The van der Waals surface area contributed by atoms with E-state index in [1.54, 1.807) is 23.1 Å². The monoisotopic (exact) mass is 763 g/mol. The summed E-state index contributed by atoms with van der Waals surface area (Å²) in [5.41, 5.74) is 1.83. The predicted octanol–water partition coefficient (Wildman–Crippen LogP) is 5.48. The molecular weight excluding hydrogens is 706 g/mol. The molecule has 0 radical (unpaired) electrons. The number of anilines is 1. The number of carbonyl (C=O) groups excluding carboxylic acids is 2. The first-order valence-electron chi connectivity index (χ1n) is 20.2. The lowest BCUT2D eigenvalue weighted by Crippen LogP contribution is -2.60. The zero-order valence-corrected chi connectivity index (χ0v) is 32.7. The number of alkyl carbamates (subject to hydrolysis) is 1. The lowest BCUT2D eigenvalue weighted by Gasteiger charge is -2.54. The number of nitrogens with one attached hydrogen (secondary N) is 1. The third-order valence-electron chi connectivity index (χ3n) is 13.3. The first-order chi connectivity index (χ1) is 26.1. The van der Waals surface area contributed by atoms with E-state index in [2.05, 4.69) is 32.7 Å².